The number of allylic oxidation sites excluding steroid dienone is 2. The lowest BCUT2D eigenvalue weighted by Crippen LogP contribution is -2.15. The van der Waals surface area contributed by atoms with Gasteiger partial charge in [0.05, 0.1) is 4.47 Å². The van der Waals surface area contributed by atoms with Crippen molar-refractivity contribution < 1.29 is 14.3 Å². The summed E-state index contributed by atoms with van der Waals surface area (Å²) in [6, 6.07) is 15.0. The standard InChI is InChI=1S/C26H27BrFN3O2/c1-3-17(2)15-23(32)25(33)24(29)26-30-12-14-31(26)13-11-20(18-7-5-4-6-8-18)19-9-10-22(28)21(27)16-19/h4-10,12,14-16,20,33H,3,11,13,29H2,1-2H3/b17-15-,25-24+. The number of halogens is 2. The summed E-state index contributed by atoms with van der Waals surface area (Å²) in [5, 5.41) is 10.4. The number of hydrogen-bond donors (Lipinski definition) is 2. The lowest BCUT2D eigenvalue weighted by molar-refractivity contribution is -0.113. The second kappa shape index (κ2) is 11.1. The van der Waals surface area contributed by atoms with Crippen LogP contribution in [0.1, 0.15) is 49.6 Å². The number of nitrogens with zero attached hydrogens (tertiary/aromatic N) is 2. The van der Waals surface area contributed by atoms with E-state index in [2.05, 4.69) is 20.9 Å². The molecule has 3 aromatic rings. The number of benzene rings is 2. The normalized spacial score (nSPS) is 13.5. The molecule has 1 aromatic heterocycles. The molecule has 0 aliphatic heterocycles. The Bertz CT molecular complexity index is 1190. The molecule has 1 atom stereocenters. The van der Waals surface area contributed by atoms with Crippen molar-refractivity contribution in [2.75, 3.05) is 0 Å². The van der Waals surface area contributed by atoms with Gasteiger partial charge in [0.1, 0.15) is 11.5 Å². The Morgan fingerprint density at radius 2 is 1.97 bits per heavy atom. The molecule has 2 aromatic carbocycles. The predicted molar refractivity (Wildman–Crippen MR) is 132 cm³/mol. The van der Waals surface area contributed by atoms with Gasteiger partial charge in [-0.1, -0.05) is 48.9 Å². The van der Waals surface area contributed by atoms with E-state index in [1.54, 1.807) is 24.5 Å². The minimum atomic E-state index is -0.542. The van der Waals surface area contributed by atoms with Crippen LogP contribution in [0.2, 0.25) is 0 Å². The zero-order chi connectivity index (χ0) is 24.0. The highest BCUT2D eigenvalue weighted by Gasteiger charge is 2.19. The topological polar surface area (TPSA) is 81.1 Å². The van der Waals surface area contributed by atoms with Gasteiger partial charge >= 0.3 is 0 Å². The number of aliphatic hydroxyl groups is 1. The molecule has 0 saturated carbocycles. The SMILES string of the molecule is CC/C(C)=C\C(=O)/C(O)=C(\N)c1nccn1CCC(c1ccccc1)c1ccc(F)c(Br)c1. The van der Waals surface area contributed by atoms with Gasteiger partial charge in [-0.2, -0.15) is 0 Å². The predicted octanol–water partition coefficient (Wildman–Crippen LogP) is 6.12. The van der Waals surface area contributed by atoms with Gasteiger partial charge in [0.15, 0.2) is 11.6 Å². The first-order chi connectivity index (χ1) is 15.8. The summed E-state index contributed by atoms with van der Waals surface area (Å²) in [6.07, 6.45) is 6.10. The molecule has 5 nitrogen and oxygen atoms in total. The number of hydrogen-bond acceptors (Lipinski definition) is 4. The van der Waals surface area contributed by atoms with Crippen LogP contribution >= 0.6 is 15.9 Å². The molecule has 0 amide bonds. The smallest absolute Gasteiger partial charge is 0.222 e. The van der Waals surface area contributed by atoms with Crippen molar-refractivity contribution in [1.29, 1.82) is 0 Å². The Morgan fingerprint density at radius 1 is 1.24 bits per heavy atom. The molecule has 3 N–H and O–H groups in total. The van der Waals surface area contributed by atoms with Crippen LogP contribution < -0.4 is 5.73 Å². The van der Waals surface area contributed by atoms with Crippen LogP contribution in [0, 0.1) is 5.82 Å². The zero-order valence-corrected chi connectivity index (χ0v) is 20.2. The fourth-order valence-electron chi connectivity index (χ4n) is 3.58. The van der Waals surface area contributed by atoms with Crippen LogP contribution in [0.15, 0.2) is 82.8 Å². The molecule has 33 heavy (non-hydrogen) atoms. The van der Waals surface area contributed by atoms with Crippen LogP contribution in [0.3, 0.4) is 0 Å². The van der Waals surface area contributed by atoms with E-state index in [1.165, 1.54) is 12.1 Å². The van der Waals surface area contributed by atoms with Crippen molar-refractivity contribution in [1.82, 2.24) is 9.55 Å². The van der Waals surface area contributed by atoms with Crippen LogP contribution in [-0.2, 0) is 11.3 Å². The number of carbonyl (C=O) groups excluding carboxylic acids is 1. The molecule has 0 spiro atoms. The molecule has 0 fully saturated rings. The highest BCUT2D eigenvalue weighted by atomic mass is 79.9. The molecule has 1 unspecified atom stereocenters. The van der Waals surface area contributed by atoms with E-state index in [4.69, 9.17) is 5.73 Å². The Balaban J connectivity index is 1.89. The number of rotatable bonds is 9. The molecule has 0 radical (unpaired) electrons. The van der Waals surface area contributed by atoms with Crippen LogP contribution in [0.25, 0.3) is 5.70 Å². The van der Waals surface area contributed by atoms with Gasteiger partial charge in [-0.15, -0.1) is 0 Å². The molecule has 3 rings (SSSR count). The first kappa shape index (κ1) is 24.5. The fraction of sp³-hybridized carbons (Fsp3) is 0.231. The quantitative estimate of drug-likeness (QED) is 0.268. The van der Waals surface area contributed by atoms with Gasteiger partial charge in [-0.25, -0.2) is 9.37 Å². The monoisotopic (exact) mass is 511 g/mol. The van der Waals surface area contributed by atoms with Crippen molar-refractivity contribution in [3.63, 3.8) is 0 Å². The minimum Gasteiger partial charge on any atom is -0.503 e. The summed E-state index contributed by atoms with van der Waals surface area (Å²) in [5.41, 5.74) is 8.96. The fourth-order valence-corrected chi connectivity index (χ4v) is 3.97. The number of nitrogens with two attached hydrogens (primary N) is 1. The maximum atomic E-state index is 13.8. The van der Waals surface area contributed by atoms with E-state index >= 15 is 0 Å². The average Bonchev–Trinajstić information content (AvgIpc) is 3.29. The van der Waals surface area contributed by atoms with Crippen LogP contribution in [-0.4, -0.2) is 20.4 Å². The second-order valence-electron chi connectivity index (χ2n) is 7.84. The highest BCUT2D eigenvalue weighted by molar-refractivity contribution is 9.10. The summed E-state index contributed by atoms with van der Waals surface area (Å²) in [7, 11) is 0. The minimum absolute atomic E-state index is 0.00563. The number of aryl methyl sites for hydroxylation is 1. The summed E-state index contributed by atoms with van der Waals surface area (Å²) >= 11 is 3.28. The molecule has 7 heteroatoms. The van der Waals surface area contributed by atoms with Gasteiger partial charge in [0, 0.05) is 24.9 Å². The Kier molecular flexibility index (Phi) is 8.22. The number of imidazole rings is 1. The summed E-state index contributed by atoms with van der Waals surface area (Å²) in [6.45, 7) is 4.27. The van der Waals surface area contributed by atoms with Crippen molar-refractivity contribution in [3.8, 4) is 0 Å². The van der Waals surface area contributed by atoms with E-state index in [0.717, 1.165) is 16.7 Å². The van der Waals surface area contributed by atoms with E-state index in [0.29, 0.717) is 29.7 Å². The first-order valence-electron chi connectivity index (χ1n) is 10.7. The summed E-state index contributed by atoms with van der Waals surface area (Å²) in [5.74, 6) is -1.05. The third kappa shape index (κ3) is 5.99. The molecule has 172 valence electrons. The molecule has 0 aliphatic carbocycles. The average molecular weight is 512 g/mol. The van der Waals surface area contributed by atoms with E-state index in [9.17, 15) is 14.3 Å². The van der Waals surface area contributed by atoms with Gasteiger partial charge in [0.25, 0.3) is 0 Å². The largest absolute Gasteiger partial charge is 0.503 e. The van der Waals surface area contributed by atoms with E-state index in [1.807, 2.05) is 48.7 Å². The van der Waals surface area contributed by atoms with Gasteiger partial charge in [0.2, 0.25) is 5.78 Å². The Morgan fingerprint density at radius 3 is 2.64 bits per heavy atom. The van der Waals surface area contributed by atoms with Gasteiger partial charge in [-0.3, -0.25) is 4.79 Å². The first-order valence-corrected chi connectivity index (χ1v) is 11.5. The number of aromatic nitrogens is 2. The second-order valence-corrected chi connectivity index (χ2v) is 8.69. The highest BCUT2D eigenvalue weighted by Crippen LogP contribution is 2.31. The molecular weight excluding hydrogens is 485 g/mol. The Hall–Kier alpha value is -3.19. The molecule has 1 heterocycles. The molecular formula is C26H27BrFN3O2. The number of ketones is 1. The molecule has 0 saturated heterocycles. The maximum Gasteiger partial charge on any atom is 0.222 e. The van der Waals surface area contributed by atoms with E-state index in [-0.39, 0.29) is 17.4 Å². The van der Waals surface area contributed by atoms with E-state index < -0.39 is 11.5 Å². The summed E-state index contributed by atoms with van der Waals surface area (Å²) < 4.78 is 16.0. The zero-order valence-electron chi connectivity index (χ0n) is 18.6. The van der Waals surface area contributed by atoms with Gasteiger partial charge < -0.3 is 15.4 Å². The number of aliphatic hydroxyl groups excluding tert-OH is 1. The van der Waals surface area contributed by atoms with Crippen molar-refractivity contribution in [2.24, 2.45) is 5.73 Å². The van der Waals surface area contributed by atoms with Crippen molar-refractivity contribution in [2.45, 2.75) is 39.2 Å². The van der Waals surface area contributed by atoms with Gasteiger partial charge in [-0.05, 0) is 65.0 Å². The summed E-state index contributed by atoms with van der Waals surface area (Å²) in [4.78, 5) is 16.6. The van der Waals surface area contributed by atoms with Crippen molar-refractivity contribution >= 4 is 27.4 Å². The van der Waals surface area contributed by atoms with Crippen molar-refractivity contribution in [3.05, 3.63) is 106 Å². The van der Waals surface area contributed by atoms with Crippen LogP contribution in [0.5, 0.6) is 0 Å². The number of carbonyl (C=O) groups is 1. The lowest BCUT2D eigenvalue weighted by atomic mass is 9.88. The Labute approximate surface area is 201 Å². The third-order valence-corrected chi connectivity index (χ3v) is 6.19. The molecule has 0 bridgehead atoms. The molecule has 0 aliphatic rings. The third-order valence-electron chi connectivity index (χ3n) is 5.59. The lowest BCUT2D eigenvalue weighted by Gasteiger charge is -2.20. The maximum absolute atomic E-state index is 13.8. The van der Waals surface area contributed by atoms with Crippen LogP contribution in [0.4, 0.5) is 4.39 Å².